The van der Waals surface area contributed by atoms with Crippen LogP contribution in [-0.4, -0.2) is 43.2 Å². The van der Waals surface area contributed by atoms with E-state index in [9.17, 15) is 4.79 Å². The summed E-state index contributed by atoms with van der Waals surface area (Å²) in [5.41, 5.74) is 0. The fourth-order valence-corrected chi connectivity index (χ4v) is 4.27. The molecule has 0 atom stereocenters. The number of carbonyl (C=O) groups excluding carboxylic acids is 1. The highest BCUT2D eigenvalue weighted by Gasteiger charge is 2.31. The number of hydrogen-bond donors (Lipinski definition) is 0. The Kier molecular flexibility index (Phi) is 17.9. The Hall–Kier alpha value is -0.0900. The minimum Gasteiger partial charge on any atom is -1.00 e. The quantitative estimate of drug-likeness (QED) is 0.194. The number of quaternary nitrogens is 1. The summed E-state index contributed by atoms with van der Waals surface area (Å²) in [5.74, 6) is 0.0267. The molecule has 1 rings (SSSR count). The molecule has 3 nitrogen and oxygen atoms in total. The Bertz CT molecular complexity index is 343. The van der Waals surface area contributed by atoms with Crippen LogP contribution in [-0.2, 0) is 9.53 Å². The zero-order valence-electron chi connectivity index (χ0n) is 18.3. The predicted octanol–water partition coefficient (Wildman–Crippen LogP) is 3.26. The van der Waals surface area contributed by atoms with Crippen LogP contribution in [0.4, 0.5) is 0 Å². The van der Waals surface area contributed by atoms with Gasteiger partial charge in [0.1, 0.15) is 13.2 Å². The van der Waals surface area contributed by atoms with E-state index in [1.54, 1.807) is 0 Å². The summed E-state index contributed by atoms with van der Waals surface area (Å²) in [6.07, 6.45) is 18.9. The average Bonchev–Trinajstić information content (AvgIpc) is 3.09. The Morgan fingerprint density at radius 1 is 0.741 bits per heavy atom. The van der Waals surface area contributed by atoms with Gasteiger partial charge in [-0.15, -0.1) is 0 Å². The molecular formula is C23H46BrNO2. The van der Waals surface area contributed by atoms with Gasteiger partial charge in [0, 0.05) is 19.3 Å². The number of nitrogens with zero attached hydrogens (tertiary/aromatic N) is 1. The summed E-state index contributed by atoms with van der Waals surface area (Å²) >= 11 is 0. The van der Waals surface area contributed by atoms with E-state index >= 15 is 0 Å². The maximum absolute atomic E-state index is 12.0. The molecule has 162 valence electrons. The third kappa shape index (κ3) is 13.7. The van der Waals surface area contributed by atoms with Crippen LogP contribution >= 0.6 is 0 Å². The number of unbranched alkanes of at least 4 members (excludes halogenated alkanes) is 10. The van der Waals surface area contributed by atoms with Gasteiger partial charge in [0.05, 0.1) is 19.6 Å². The van der Waals surface area contributed by atoms with Gasteiger partial charge in [-0.1, -0.05) is 71.6 Å². The van der Waals surface area contributed by atoms with Crippen LogP contribution in [0.3, 0.4) is 0 Å². The Morgan fingerprint density at radius 3 is 1.85 bits per heavy atom. The molecule has 0 unspecified atom stereocenters. The second kappa shape index (κ2) is 18.0. The minimum absolute atomic E-state index is 0. The summed E-state index contributed by atoms with van der Waals surface area (Å²) in [6.45, 7) is 10.1. The van der Waals surface area contributed by atoms with Crippen LogP contribution in [0.1, 0.15) is 110 Å². The highest BCUT2D eigenvalue weighted by Crippen LogP contribution is 2.20. The molecule has 1 fully saturated rings. The zero-order chi connectivity index (χ0) is 18.9. The highest BCUT2D eigenvalue weighted by molar-refractivity contribution is 5.69. The third-order valence-corrected chi connectivity index (χ3v) is 6.06. The molecule has 1 heterocycles. The van der Waals surface area contributed by atoms with E-state index in [1.165, 1.54) is 108 Å². The minimum atomic E-state index is 0. The van der Waals surface area contributed by atoms with E-state index in [-0.39, 0.29) is 23.0 Å². The molecular weight excluding hydrogens is 402 g/mol. The number of esters is 1. The molecule has 1 saturated heterocycles. The van der Waals surface area contributed by atoms with Crippen LogP contribution in [0.5, 0.6) is 0 Å². The Labute approximate surface area is 180 Å². The van der Waals surface area contributed by atoms with Crippen molar-refractivity contribution in [1.29, 1.82) is 0 Å². The molecule has 0 aliphatic carbocycles. The number of hydrogen-bond acceptors (Lipinski definition) is 2. The van der Waals surface area contributed by atoms with Crippen molar-refractivity contribution < 1.29 is 31.0 Å². The van der Waals surface area contributed by atoms with Gasteiger partial charge in [0.25, 0.3) is 0 Å². The molecule has 1 aliphatic rings. The lowest BCUT2D eigenvalue weighted by Crippen LogP contribution is -3.00. The number of rotatable bonds is 17. The number of carbonyl (C=O) groups is 1. The lowest BCUT2D eigenvalue weighted by Gasteiger charge is -2.34. The molecule has 0 radical (unpaired) electrons. The molecule has 0 N–H and O–H groups in total. The molecule has 0 aromatic rings. The van der Waals surface area contributed by atoms with Gasteiger partial charge in [-0.25, -0.2) is 0 Å². The second-order valence-corrected chi connectivity index (χ2v) is 8.45. The van der Waals surface area contributed by atoms with Crippen molar-refractivity contribution in [1.82, 2.24) is 0 Å². The molecule has 0 amide bonds. The third-order valence-electron chi connectivity index (χ3n) is 6.06. The first-order valence-electron chi connectivity index (χ1n) is 11.7. The fraction of sp³-hybridized carbons (Fsp3) is 0.957. The van der Waals surface area contributed by atoms with Crippen molar-refractivity contribution in [2.75, 3.05) is 32.8 Å². The molecule has 4 heteroatoms. The summed E-state index contributed by atoms with van der Waals surface area (Å²) < 4.78 is 6.75. The lowest BCUT2D eigenvalue weighted by atomic mass is 10.1. The molecule has 27 heavy (non-hydrogen) atoms. The Morgan fingerprint density at radius 2 is 1.26 bits per heavy atom. The van der Waals surface area contributed by atoms with E-state index in [4.69, 9.17) is 4.74 Å². The average molecular weight is 449 g/mol. The summed E-state index contributed by atoms with van der Waals surface area (Å²) in [4.78, 5) is 12.0. The van der Waals surface area contributed by atoms with Crippen LogP contribution in [0.2, 0.25) is 0 Å². The smallest absolute Gasteiger partial charge is 0.305 e. The predicted molar refractivity (Wildman–Crippen MR) is 111 cm³/mol. The first-order chi connectivity index (χ1) is 12.7. The van der Waals surface area contributed by atoms with E-state index < -0.39 is 0 Å². The van der Waals surface area contributed by atoms with Crippen molar-refractivity contribution in [2.24, 2.45) is 0 Å². The SMILES string of the molecule is CCCCCCCCCCCC(=O)OCC[N+]1(CCCCC)CCCC1.[Br-]. The van der Waals surface area contributed by atoms with E-state index in [0.29, 0.717) is 13.0 Å². The lowest BCUT2D eigenvalue weighted by molar-refractivity contribution is -0.917. The van der Waals surface area contributed by atoms with Crippen LogP contribution in [0.25, 0.3) is 0 Å². The topological polar surface area (TPSA) is 26.3 Å². The molecule has 0 aromatic carbocycles. The van der Waals surface area contributed by atoms with Crippen LogP contribution < -0.4 is 17.0 Å². The van der Waals surface area contributed by atoms with E-state index in [2.05, 4.69) is 13.8 Å². The zero-order valence-corrected chi connectivity index (χ0v) is 19.9. The summed E-state index contributed by atoms with van der Waals surface area (Å²) in [6, 6.07) is 0. The summed E-state index contributed by atoms with van der Waals surface area (Å²) in [5, 5.41) is 0. The van der Waals surface area contributed by atoms with Crippen LogP contribution in [0, 0.1) is 0 Å². The van der Waals surface area contributed by atoms with Gasteiger partial charge < -0.3 is 26.2 Å². The van der Waals surface area contributed by atoms with Gasteiger partial charge in [0.15, 0.2) is 0 Å². The first-order valence-corrected chi connectivity index (χ1v) is 11.7. The normalized spacial score (nSPS) is 15.5. The first kappa shape index (κ1) is 26.9. The molecule has 0 aromatic heterocycles. The fourth-order valence-electron chi connectivity index (χ4n) is 4.27. The van der Waals surface area contributed by atoms with Gasteiger partial charge in [0.2, 0.25) is 0 Å². The number of ether oxygens (including phenoxy) is 1. The van der Waals surface area contributed by atoms with Gasteiger partial charge in [-0.2, -0.15) is 0 Å². The molecule has 1 aliphatic heterocycles. The van der Waals surface area contributed by atoms with Crippen molar-refractivity contribution in [3.63, 3.8) is 0 Å². The number of halogens is 1. The van der Waals surface area contributed by atoms with Crippen molar-refractivity contribution in [3.8, 4) is 0 Å². The van der Waals surface area contributed by atoms with Crippen molar-refractivity contribution in [3.05, 3.63) is 0 Å². The molecule has 0 spiro atoms. The van der Waals surface area contributed by atoms with Crippen molar-refractivity contribution >= 4 is 5.97 Å². The number of likely N-dealkylation sites (tertiary alicyclic amines) is 1. The monoisotopic (exact) mass is 447 g/mol. The van der Waals surface area contributed by atoms with Crippen LogP contribution in [0.15, 0.2) is 0 Å². The van der Waals surface area contributed by atoms with E-state index in [0.717, 1.165) is 13.0 Å². The summed E-state index contributed by atoms with van der Waals surface area (Å²) in [7, 11) is 0. The second-order valence-electron chi connectivity index (χ2n) is 8.45. The van der Waals surface area contributed by atoms with Gasteiger partial charge >= 0.3 is 5.97 Å². The molecule has 0 saturated carbocycles. The highest BCUT2D eigenvalue weighted by atomic mass is 79.9. The largest absolute Gasteiger partial charge is 1.00 e. The molecule has 0 bridgehead atoms. The van der Waals surface area contributed by atoms with E-state index in [1.807, 2.05) is 0 Å². The maximum atomic E-state index is 12.0. The van der Waals surface area contributed by atoms with Gasteiger partial charge in [-0.3, -0.25) is 4.79 Å². The van der Waals surface area contributed by atoms with Gasteiger partial charge in [-0.05, 0) is 19.3 Å². The maximum Gasteiger partial charge on any atom is 0.305 e. The Balaban J connectivity index is 0.00000676. The standard InChI is InChI=1S/C23H46NO2.BrH/c1-3-5-7-8-9-10-11-12-13-17-23(25)26-22-21-24(18-14-6-4-2)19-15-16-20-24;/h3-22H2,1-2H3;1H/q+1;/p-1. The van der Waals surface area contributed by atoms with Crippen molar-refractivity contribution in [2.45, 2.75) is 110 Å².